The predicted octanol–water partition coefficient (Wildman–Crippen LogP) is 3.51. The van der Waals surface area contributed by atoms with Gasteiger partial charge in [0.15, 0.2) is 0 Å². The summed E-state index contributed by atoms with van der Waals surface area (Å²) in [6, 6.07) is 5.68. The molecule has 1 aliphatic rings. The maximum atomic E-state index is 12.0. The van der Waals surface area contributed by atoms with E-state index in [2.05, 4.69) is 21.2 Å². The number of alkyl halides is 1. The van der Waals surface area contributed by atoms with Gasteiger partial charge in [-0.1, -0.05) is 15.9 Å². The number of halogens is 2. The third-order valence-corrected chi connectivity index (χ3v) is 4.36. The monoisotopic (exact) mass is 315 g/mol. The number of rotatable bonds is 4. The molecule has 0 saturated heterocycles. The van der Waals surface area contributed by atoms with Crippen LogP contribution in [0.1, 0.15) is 28.8 Å². The molecule has 92 valence electrons. The highest BCUT2D eigenvalue weighted by Gasteiger charge is 2.41. The van der Waals surface area contributed by atoms with Gasteiger partial charge in [-0.05, 0) is 43.5 Å². The van der Waals surface area contributed by atoms with Gasteiger partial charge in [0, 0.05) is 27.9 Å². The molecule has 0 aromatic heterocycles. The molecule has 0 spiro atoms. The Morgan fingerprint density at radius 2 is 2.24 bits per heavy atom. The minimum atomic E-state index is -0.00797. The van der Waals surface area contributed by atoms with Gasteiger partial charge in [0.05, 0.1) is 0 Å². The molecule has 0 heterocycles. The quantitative estimate of drug-likeness (QED) is 0.846. The number of carbonyl (C=O) groups is 1. The van der Waals surface area contributed by atoms with Crippen molar-refractivity contribution in [3.8, 4) is 0 Å². The molecule has 1 saturated carbocycles. The number of hydrogen-bond acceptors (Lipinski definition) is 1. The summed E-state index contributed by atoms with van der Waals surface area (Å²) in [6.45, 7) is 2.62. The number of carbonyl (C=O) groups excluding carboxylic acids is 1. The first-order chi connectivity index (χ1) is 8.06. The van der Waals surface area contributed by atoms with Crippen molar-refractivity contribution >= 4 is 33.4 Å². The number of nitrogens with one attached hydrogen (secondary N) is 1. The number of benzene rings is 1. The molecule has 0 unspecified atom stereocenters. The Balaban J connectivity index is 2.00. The van der Waals surface area contributed by atoms with Gasteiger partial charge in [-0.3, -0.25) is 4.79 Å². The molecule has 2 rings (SSSR count). The first kappa shape index (κ1) is 12.9. The summed E-state index contributed by atoms with van der Waals surface area (Å²) in [7, 11) is 0. The molecule has 0 atom stereocenters. The van der Waals surface area contributed by atoms with E-state index in [1.165, 1.54) is 0 Å². The van der Waals surface area contributed by atoms with Crippen molar-refractivity contribution in [3.63, 3.8) is 0 Å². The third-order valence-electron chi connectivity index (χ3n) is 3.30. The first-order valence-corrected chi connectivity index (χ1v) is 6.99. The second-order valence-corrected chi connectivity index (χ2v) is 5.96. The van der Waals surface area contributed by atoms with Crippen molar-refractivity contribution in [2.45, 2.75) is 19.8 Å². The van der Waals surface area contributed by atoms with Crippen molar-refractivity contribution in [1.29, 1.82) is 0 Å². The Morgan fingerprint density at radius 3 is 2.76 bits per heavy atom. The Hall–Kier alpha value is -0.540. The molecular weight excluding hydrogens is 302 g/mol. The van der Waals surface area contributed by atoms with Crippen molar-refractivity contribution in [2.24, 2.45) is 5.41 Å². The van der Waals surface area contributed by atoms with Crippen LogP contribution in [0.2, 0.25) is 0 Å². The van der Waals surface area contributed by atoms with E-state index >= 15 is 0 Å². The molecule has 1 amide bonds. The predicted molar refractivity (Wildman–Crippen MR) is 73.6 cm³/mol. The van der Waals surface area contributed by atoms with E-state index in [4.69, 9.17) is 11.6 Å². The van der Waals surface area contributed by atoms with Gasteiger partial charge in [-0.15, -0.1) is 11.6 Å². The second-order valence-electron chi connectivity index (χ2n) is 4.78. The lowest BCUT2D eigenvalue weighted by Crippen LogP contribution is -2.31. The molecule has 0 bridgehead atoms. The highest BCUT2D eigenvalue weighted by atomic mass is 79.9. The minimum absolute atomic E-state index is 0.00797. The van der Waals surface area contributed by atoms with Crippen molar-refractivity contribution < 1.29 is 4.79 Å². The Kier molecular flexibility index (Phi) is 3.79. The van der Waals surface area contributed by atoms with E-state index in [-0.39, 0.29) is 11.3 Å². The summed E-state index contributed by atoms with van der Waals surface area (Å²) in [5, 5.41) is 2.97. The molecule has 4 heteroatoms. The van der Waals surface area contributed by atoms with Crippen LogP contribution in [0.3, 0.4) is 0 Å². The van der Waals surface area contributed by atoms with Gasteiger partial charge in [0.2, 0.25) is 0 Å². The van der Waals surface area contributed by atoms with Crippen LogP contribution in [-0.4, -0.2) is 18.3 Å². The molecular formula is C13H15BrClNO. The Morgan fingerprint density at radius 1 is 1.53 bits per heavy atom. The summed E-state index contributed by atoms with van der Waals surface area (Å²) in [5.41, 5.74) is 1.88. The Bertz CT molecular complexity index is 443. The summed E-state index contributed by atoms with van der Waals surface area (Å²) in [4.78, 5) is 12.0. The summed E-state index contributed by atoms with van der Waals surface area (Å²) in [5.74, 6) is 0.624. The molecule has 1 aliphatic carbocycles. The highest BCUT2D eigenvalue weighted by molar-refractivity contribution is 9.10. The largest absolute Gasteiger partial charge is 0.351 e. The maximum absolute atomic E-state index is 12.0. The second kappa shape index (κ2) is 4.99. The zero-order chi connectivity index (χ0) is 12.5. The van der Waals surface area contributed by atoms with Crippen LogP contribution in [0, 0.1) is 12.3 Å². The van der Waals surface area contributed by atoms with Crippen molar-refractivity contribution in [3.05, 3.63) is 33.8 Å². The van der Waals surface area contributed by atoms with Crippen LogP contribution in [0.25, 0.3) is 0 Å². The van der Waals surface area contributed by atoms with Crippen LogP contribution in [0.15, 0.2) is 22.7 Å². The van der Waals surface area contributed by atoms with Crippen LogP contribution in [0.4, 0.5) is 0 Å². The van der Waals surface area contributed by atoms with Crippen LogP contribution in [0.5, 0.6) is 0 Å². The standard InChI is InChI=1S/C13H15BrClNO/c1-9-6-10(14)2-3-11(9)12(17)16-8-13(7-15)4-5-13/h2-3,6H,4-5,7-8H2,1H3,(H,16,17). The summed E-state index contributed by atoms with van der Waals surface area (Å²) in [6.07, 6.45) is 2.24. The van der Waals surface area contributed by atoms with E-state index in [1.807, 2.05) is 25.1 Å². The molecule has 1 aromatic carbocycles. The zero-order valence-corrected chi connectivity index (χ0v) is 12.1. The normalized spacial score (nSPS) is 16.6. The fraction of sp³-hybridized carbons (Fsp3) is 0.462. The van der Waals surface area contributed by atoms with Crippen molar-refractivity contribution in [1.82, 2.24) is 5.32 Å². The first-order valence-electron chi connectivity index (χ1n) is 5.67. The molecule has 0 radical (unpaired) electrons. The number of amides is 1. The maximum Gasteiger partial charge on any atom is 0.251 e. The van der Waals surface area contributed by atoms with E-state index in [1.54, 1.807) is 0 Å². The van der Waals surface area contributed by atoms with E-state index in [9.17, 15) is 4.79 Å². The van der Waals surface area contributed by atoms with Gasteiger partial charge in [-0.2, -0.15) is 0 Å². The average Bonchev–Trinajstić information content (AvgIpc) is 3.07. The van der Waals surface area contributed by atoms with E-state index in [0.717, 1.165) is 28.4 Å². The van der Waals surface area contributed by atoms with Gasteiger partial charge in [0.25, 0.3) is 5.91 Å². The third kappa shape index (κ3) is 3.02. The van der Waals surface area contributed by atoms with Crippen molar-refractivity contribution in [2.75, 3.05) is 12.4 Å². The smallest absolute Gasteiger partial charge is 0.251 e. The van der Waals surface area contributed by atoms with E-state index in [0.29, 0.717) is 12.4 Å². The lowest BCUT2D eigenvalue weighted by Gasteiger charge is -2.13. The highest BCUT2D eigenvalue weighted by Crippen LogP contribution is 2.45. The van der Waals surface area contributed by atoms with Crippen LogP contribution >= 0.6 is 27.5 Å². The number of aryl methyl sites for hydroxylation is 1. The van der Waals surface area contributed by atoms with Gasteiger partial charge < -0.3 is 5.32 Å². The fourth-order valence-corrected chi connectivity index (χ4v) is 2.62. The minimum Gasteiger partial charge on any atom is -0.351 e. The molecule has 17 heavy (non-hydrogen) atoms. The van der Waals surface area contributed by atoms with Gasteiger partial charge in [0.1, 0.15) is 0 Å². The molecule has 1 N–H and O–H groups in total. The summed E-state index contributed by atoms with van der Waals surface area (Å²) < 4.78 is 0.992. The fourth-order valence-electron chi connectivity index (χ4n) is 1.78. The zero-order valence-electron chi connectivity index (χ0n) is 9.72. The molecule has 1 fully saturated rings. The molecule has 2 nitrogen and oxygen atoms in total. The summed E-state index contributed by atoms with van der Waals surface area (Å²) >= 11 is 9.27. The van der Waals surface area contributed by atoms with Gasteiger partial charge >= 0.3 is 0 Å². The topological polar surface area (TPSA) is 29.1 Å². The van der Waals surface area contributed by atoms with Crippen LogP contribution < -0.4 is 5.32 Å². The average molecular weight is 317 g/mol. The SMILES string of the molecule is Cc1cc(Br)ccc1C(=O)NCC1(CCl)CC1. The number of hydrogen-bond donors (Lipinski definition) is 1. The molecule has 0 aliphatic heterocycles. The lowest BCUT2D eigenvalue weighted by molar-refractivity contribution is 0.0946. The van der Waals surface area contributed by atoms with Crippen LogP contribution in [-0.2, 0) is 0 Å². The molecule has 1 aromatic rings. The van der Waals surface area contributed by atoms with Gasteiger partial charge in [-0.25, -0.2) is 0 Å². The van der Waals surface area contributed by atoms with E-state index < -0.39 is 0 Å². The Labute approximate surface area is 115 Å². The lowest BCUT2D eigenvalue weighted by atomic mass is 10.1.